The summed E-state index contributed by atoms with van der Waals surface area (Å²) in [5.74, 6) is 0.292. The van der Waals surface area contributed by atoms with Crippen LogP contribution in [-0.2, 0) is 22.4 Å². The maximum atomic E-state index is 13.6. The molecule has 3 aromatic rings. The lowest BCUT2D eigenvalue weighted by molar-refractivity contribution is -0.118. The van der Waals surface area contributed by atoms with Crippen LogP contribution in [0.2, 0.25) is 5.02 Å². The number of ether oxygens (including phenoxy) is 1. The van der Waals surface area contributed by atoms with Crippen molar-refractivity contribution in [3.63, 3.8) is 0 Å². The topological polar surface area (TPSA) is 49.9 Å². The molecule has 37 heavy (non-hydrogen) atoms. The highest BCUT2D eigenvalue weighted by atomic mass is 35.5. The molecular formula is C31H35ClN2O3. The molecule has 0 aromatic heterocycles. The van der Waals surface area contributed by atoms with Crippen LogP contribution in [0.4, 0.5) is 10.5 Å². The molecule has 2 amide bonds. The van der Waals surface area contributed by atoms with Gasteiger partial charge in [-0.05, 0) is 74.4 Å². The van der Waals surface area contributed by atoms with Gasteiger partial charge in [-0.3, -0.25) is 4.79 Å². The Morgan fingerprint density at radius 3 is 2.03 bits per heavy atom. The lowest BCUT2D eigenvalue weighted by Gasteiger charge is -2.29. The Kier molecular flexibility index (Phi) is 8.55. The number of amides is 2. The highest BCUT2D eigenvalue weighted by Crippen LogP contribution is 2.31. The van der Waals surface area contributed by atoms with Crippen LogP contribution in [0, 0.1) is 11.8 Å². The van der Waals surface area contributed by atoms with Crippen LogP contribution in [0.5, 0.6) is 0 Å². The second-order valence-corrected chi connectivity index (χ2v) is 11.2. The highest BCUT2D eigenvalue weighted by Gasteiger charge is 2.38. The summed E-state index contributed by atoms with van der Waals surface area (Å²) in [6.45, 7) is 7.27. The zero-order valence-electron chi connectivity index (χ0n) is 21.8. The van der Waals surface area contributed by atoms with Crippen molar-refractivity contribution in [3.8, 4) is 0 Å². The number of hydrogen-bond donors (Lipinski definition) is 0. The summed E-state index contributed by atoms with van der Waals surface area (Å²) in [6.07, 6.45) is 0.822. The van der Waals surface area contributed by atoms with E-state index in [9.17, 15) is 9.59 Å². The number of nitrogens with zero attached hydrogens (tertiary/aromatic N) is 2. The monoisotopic (exact) mass is 518 g/mol. The molecule has 0 N–H and O–H groups in total. The molecule has 0 aliphatic carbocycles. The van der Waals surface area contributed by atoms with E-state index in [2.05, 4.69) is 12.1 Å². The Morgan fingerprint density at radius 2 is 1.43 bits per heavy atom. The summed E-state index contributed by atoms with van der Waals surface area (Å²) in [5.41, 5.74) is 2.43. The van der Waals surface area contributed by atoms with Gasteiger partial charge >= 0.3 is 6.09 Å². The minimum Gasteiger partial charge on any atom is -0.444 e. The zero-order valence-corrected chi connectivity index (χ0v) is 22.5. The molecule has 0 bridgehead atoms. The van der Waals surface area contributed by atoms with Gasteiger partial charge in [0.2, 0.25) is 5.91 Å². The second-order valence-electron chi connectivity index (χ2n) is 10.7. The Balaban J connectivity index is 1.59. The standard InChI is InChI=1S/C31H35ClN2O3/c1-31(2,3)37-30(36)33-20-25(18-23-10-6-4-7-11-23)26(21-33)22-34(28-16-14-27(32)15-17-28)29(35)19-24-12-8-5-9-13-24/h4-17,25-26H,18-22H2,1-3H3/t25-,26+/m0/s1. The summed E-state index contributed by atoms with van der Waals surface area (Å²) in [5, 5.41) is 0.623. The van der Waals surface area contributed by atoms with Crippen molar-refractivity contribution in [3.05, 3.63) is 101 Å². The van der Waals surface area contributed by atoms with Gasteiger partial charge in [-0.2, -0.15) is 0 Å². The summed E-state index contributed by atoms with van der Waals surface area (Å²) in [7, 11) is 0. The Hall–Kier alpha value is -3.31. The molecule has 6 heteroatoms. The number of carbonyl (C=O) groups excluding carboxylic acids is 2. The average molecular weight is 519 g/mol. The van der Waals surface area contributed by atoms with Gasteiger partial charge in [-0.15, -0.1) is 0 Å². The van der Waals surface area contributed by atoms with Crippen LogP contribution in [0.1, 0.15) is 31.9 Å². The fourth-order valence-corrected chi connectivity index (χ4v) is 4.97. The van der Waals surface area contributed by atoms with Gasteiger partial charge < -0.3 is 14.5 Å². The van der Waals surface area contributed by atoms with E-state index >= 15 is 0 Å². The molecular weight excluding hydrogens is 484 g/mol. The van der Waals surface area contributed by atoms with Crippen LogP contribution in [0.3, 0.4) is 0 Å². The third-order valence-corrected chi connectivity index (χ3v) is 6.88. The molecule has 5 nitrogen and oxygen atoms in total. The maximum absolute atomic E-state index is 13.6. The quantitative estimate of drug-likeness (QED) is 0.352. The van der Waals surface area contributed by atoms with Crippen LogP contribution in [0.25, 0.3) is 0 Å². The van der Waals surface area contributed by atoms with Gasteiger partial charge in [0, 0.05) is 30.3 Å². The van der Waals surface area contributed by atoms with Gasteiger partial charge in [-0.1, -0.05) is 72.3 Å². The zero-order chi connectivity index (χ0) is 26.4. The Bertz CT molecular complexity index is 1180. The van der Waals surface area contributed by atoms with E-state index < -0.39 is 5.60 Å². The van der Waals surface area contributed by atoms with Crippen molar-refractivity contribution in [2.24, 2.45) is 11.8 Å². The molecule has 1 heterocycles. The van der Waals surface area contributed by atoms with Crippen molar-refractivity contribution < 1.29 is 14.3 Å². The minimum atomic E-state index is -0.564. The summed E-state index contributed by atoms with van der Waals surface area (Å²) in [6, 6.07) is 27.5. The van der Waals surface area contributed by atoms with E-state index in [1.54, 1.807) is 4.90 Å². The number of rotatable bonds is 7. The molecule has 0 radical (unpaired) electrons. The smallest absolute Gasteiger partial charge is 0.410 e. The number of anilines is 1. The number of carbonyl (C=O) groups is 2. The Labute approximate surface area is 225 Å². The first kappa shape index (κ1) is 26.7. The minimum absolute atomic E-state index is 0.0164. The fourth-order valence-electron chi connectivity index (χ4n) is 4.84. The lowest BCUT2D eigenvalue weighted by atomic mass is 9.89. The first-order valence-electron chi connectivity index (χ1n) is 12.8. The van der Waals surface area contributed by atoms with Gasteiger partial charge in [0.05, 0.1) is 6.42 Å². The van der Waals surface area contributed by atoms with Gasteiger partial charge in [0.1, 0.15) is 5.60 Å². The van der Waals surface area contributed by atoms with Crippen LogP contribution < -0.4 is 4.90 Å². The van der Waals surface area contributed by atoms with E-state index in [1.807, 2.05) is 98.5 Å². The van der Waals surface area contributed by atoms with Crippen LogP contribution in [0.15, 0.2) is 84.9 Å². The van der Waals surface area contributed by atoms with E-state index in [0.29, 0.717) is 31.1 Å². The molecule has 0 saturated carbocycles. The highest BCUT2D eigenvalue weighted by molar-refractivity contribution is 6.30. The molecule has 1 aliphatic heterocycles. The molecule has 1 aliphatic rings. The first-order valence-corrected chi connectivity index (χ1v) is 13.2. The van der Waals surface area contributed by atoms with Crippen molar-refractivity contribution in [1.29, 1.82) is 0 Å². The Morgan fingerprint density at radius 1 is 0.865 bits per heavy atom. The predicted molar refractivity (Wildman–Crippen MR) is 149 cm³/mol. The number of halogens is 1. The predicted octanol–water partition coefficient (Wildman–Crippen LogP) is 6.64. The molecule has 194 valence electrons. The molecule has 1 saturated heterocycles. The summed E-state index contributed by atoms with van der Waals surface area (Å²) < 4.78 is 5.69. The van der Waals surface area contributed by atoms with E-state index in [1.165, 1.54) is 5.56 Å². The van der Waals surface area contributed by atoms with Crippen molar-refractivity contribution >= 4 is 29.3 Å². The molecule has 2 atom stereocenters. The van der Waals surface area contributed by atoms with E-state index in [-0.39, 0.29) is 23.8 Å². The number of benzene rings is 3. The van der Waals surface area contributed by atoms with Gasteiger partial charge in [-0.25, -0.2) is 4.79 Å². The summed E-state index contributed by atoms with van der Waals surface area (Å²) in [4.78, 5) is 30.3. The second kappa shape index (κ2) is 11.8. The maximum Gasteiger partial charge on any atom is 0.410 e. The largest absolute Gasteiger partial charge is 0.444 e. The normalized spacial score (nSPS) is 17.5. The average Bonchev–Trinajstić information content (AvgIpc) is 3.26. The molecule has 0 spiro atoms. The molecule has 0 unspecified atom stereocenters. The summed E-state index contributed by atoms with van der Waals surface area (Å²) >= 11 is 6.15. The first-order chi connectivity index (χ1) is 17.7. The third kappa shape index (κ3) is 7.59. The number of hydrogen-bond acceptors (Lipinski definition) is 3. The number of likely N-dealkylation sites (tertiary alicyclic amines) is 1. The van der Waals surface area contributed by atoms with Gasteiger partial charge in [0.25, 0.3) is 0 Å². The third-order valence-electron chi connectivity index (χ3n) is 6.62. The fraction of sp³-hybridized carbons (Fsp3) is 0.355. The lowest BCUT2D eigenvalue weighted by Crippen LogP contribution is -2.39. The van der Waals surface area contributed by atoms with E-state index in [0.717, 1.165) is 17.7 Å². The van der Waals surface area contributed by atoms with Crippen molar-refractivity contribution in [2.75, 3.05) is 24.5 Å². The van der Waals surface area contributed by atoms with Crippen LogP contribution in [-0.4, -0.2) is 42.1 Å². The van der Waals surface area contributed by atoms with E-state index in [4.69, 9.17) is 16.3 Å². The van der Waals surface area contributed by atoms with Crippen molar-refractivity contribution in [2.45, 2.75) is 39.2 Å². The molecule has 1 fully saturated rings. The van der Waals surface area contributed by atoms with Crippen LogP contribution >= 0.6 is 11.6 Å². The molecule has 3 aromatic carbocycles. The molecule has 4 rings (SSSR count). The van der Waals surface area contributed by atoms with Crippen molar-refractivity contribution in [1.82, 2.24) is 4.90 Å². The van der Waals surface area contributed by atoms with Gasteiger partial charge in [0.15, 0.2) is 0 Å². The SMILES string of the molecule is CC(C)(C)OC(=O)N1C[C@H](CN(C(=O)Cc2ccccc2)c2ccc(Cl)cc2)[C@@H](Cc2ccccc2)C1.